The van der Waals surface area contributed by atoms with Gasteiger partial charge in [0.15, 0.2) is 0 Å². The minimum atomic E-state index is -0.708. The van der Waals surface area contributed by atoms with Crippen LogP contribution in [0.2, 0.25) is 0 Å². The van der Waals surface area contributed by atoms with Crippen LogP contribution in [0.5, 0.6) is 0 Å². The third kappa shape index (κ3) is 1.98. The second-order valence-electron chi connectivity index (χ2n) is 2.42. The van der Waals surface area contributed by atoms with Gasteiger partial charge in [-0.2, -0.15) is 0 Å². The lowest BCUT2D eigenvalue weighted by molar-refractivity contribution is -0.394. The molecule has 0 bridgehead atoms. The van der Waals surface area contributed by atoms with Crippen LogP contribution in [-0.2, 0) is 0 Å². The lowest BCUT2D eigenvalue weighted by atomic mass is 10.2. The first-order valence-electron chi connectivity index (χ1n) is 3.33. The van der Waals surface area contributed by atoms with E-state index in [-0.39, 0.29) is 11.4 Å². The highest BCUT2D eigenvalue weighted by Crippen LogP contribution is 2.20. The molecule has 0 aliphatic carbocycles. The van der Waals surface area contributed by atoms with Gasteiger partial charge in [0.1, 0.15) is 0 Å². The van der Waals surface area contributed by atoms with Crippen LogP contribution in [0.3, 0.4) is 0 Å². The normalized spacial score (nSPS) is 9.62. The van der Waals surface area contributed by atoms with Crippen LogP contribution >= 0.6 is 0 Å². The molecule has 6 nitrogen and oxygen atoms in total. The Morgan fingerprint density at radius 1 is 1.23 bits per heavy atom. The van der Waals surface area contributed by atoms with E-state index in [1.807, 2.05) is 0 Å². The van der Waals surface area contributed by atoms with E-state index < -0.39 is 9.85 Å². The van der Waals surface area contributed by atoms with Crippen molar-refractivity contribution in [3.8, 4) is 0 Å². The van der Waals surface area contributed by atoms with Crippen LogP contribution in [-0.4, -0.2) is 9.85 Å². The van der Waals surface area contributed by atoms with E-state index in [0.29, 0.717) is 5.56 Å². The largest absolute Gasteiger partial charge is 0.284 e. The van der Waals surface area contributed by atoms with Gasteiger partial charge in [0.2, 0.25) is 0 Å². The van der Waals surface area contributed by atoms with Crippen molar-refractivity contribution in [3.05, 3.63) is 44.0 Å². The molecule has 1 rings (SSSR count). The van der Waals surface area contributed by atoms with Crippen LogP contribution < -0.4 is 0 Å². The summed E-state index contributed by atoms with van der Waals surface area (Å²) in [5.41, 5.74) is -0.296. The summed E-state index contributed by atoms with van der Waals surface area (Å²) < 4.78 is 0. The molecule has 0 saturated carbocycles. The molecule has 1 radical (unpaired) electrons. The number of nitrogens with zero attached hydrogens (tertiary/aromatic N) is 2. The first-order valence-corrected chi connectivity index (χ1v) is 3.33. The number of hydrogen-bond donors (Lipinski definition) is 0. The van der Waals surface area contributed by atoms with Crippen molar-refractivity contribution >= 4 is 11.4 Å². The molecule has 1 aromatic carbocycles. The topological polar surface area (TPSA) is 86.3 Å². The van der Waals surface area contributed by atoms with E-state index in [4.69, 9.17) is 0 Å². The third-order valence-corrected chi connectivity index (χ3v) is 1.38. The van der Waals surface area contributed by atoms with Crippen LogP contribution in [0.25, 0.3) is 0 Å². The Hall–Kier alpha value is -1.98. The number of benzene rings is 1. The number of aryl methyl sites for hydroxylation is 1. The fourth-order valence-electron chi connectivity index (χ4n) is 0.882. The van der Waals surface area contributed by atoms with Crippen molar-refractivity contribution in [1.29, 1.82) is 0 Å². The number of hydrogen-bond acceptors (Lipinski definition) is 4. The SMILES string of the molecule is Cc1[c]c([N+](=O)[O-])cc([N+](=O)[O-])c1. The van der Waals surface area contributed by atoms with E-state index >= 15 is 0 Å². The fourth-order valence-corrected chi connectivity index (χ4v) is 0.882. The van der Waals surface area contributed by atoms with Crippen molar-refractivity contribution in [2.45, 2.75) is 6.92 Å². The maximum Gasteiger partial charge on any atom is 0.284 e. The molecule has 6 heteroatoms. The molecule has 0 spiro atoms. The summed E-state index contributed by atoms with van der Waals surface area (Å²) in [5, 5.41) is 20.6. The van der Waals surface area contributed by atoms with Crippen LogP contribution in [0.4, 0.5) is 11.4 Å². The van der Waals surface area contributed by atoms with Crippen LogP contribution in [0, 0.1) is 33.2 Å². The van der Waals surface area contributed by atoms with Crippen molar-refractivity contribution in [2.75, 3.05) is 0 Å². The van der Waals surface area contributed by atoms with Gasteiger partial charge in [-0.15, -0.1) is 0 Å². The van der Waals surface area contributed by atoms with Crippen LogP contribution in [0.15, 0.2) is 12.1 Å². The summed E-state index contributed by atoms with van der Waals surface area (Å²) in [6.07, 6.45) is 0. The molecule has 67 valence electrons. The Morgan fingerprint density at radius 2 is 1.85 bits per heavy atom. The Morgan fingerprint density at radius 3 is 2.31 bits per heavy atom. The van der Waals surface area contributed by atoms with E-state index in [2.05, 4.69) is 6.07 Å². The monoisotopic (exact) mass is 181 g/mol. The van der Waals surface area contributed by atoms with Gasteiger partial charge in [-0.25, -0.2) is 0 Å². The summed E-state index contributed by atoms with van der Waals surface area (Å²) in [6.45, 7) is 1.51. The summed E-state index contributed by atoms with van der Waals surface area (Å²) in [5.74, 6) is 0. The van der Waals surface area contributed by atoms with E-state index in [1.165, 1.54) is 13.0 Å². The number of non-ortho nitro benzene ring substituents is 2. The molecule has 0 aliphatic rings. The van der Waals surface area contributed by atoms with Crippen molar-refractivity contribution < 1.29 is 9.85 Å². The number of rotatable bonds is 2. The molecule has 0 aliphatic heterocycles. The average molecular weight is 181 g/mol. The van der Waals surface area contributed by atoms with Gasteiger partial charge in [-0.05, 0) is 12.5 Å². The predicted octanol–water partition coefficient (Wildman–Crippen LogP) is 1.61. The summed E-state index contributed by atoms with van der Waals surface area (Å²) in [6, 6.07) is 4.51. The second-order valence-corrected chi connectivity index (χ2v) is 2.42. The molecule has 0 N–H and O–H groups in total. The summed E-state index contributed by atoms with van der Waals surface area (Å²) >= 11 is 0. The van der Waals surface area contributed by atoms with Gasteiger partial charge in [-0.3, -0.25) is 20.2 Å². The quantitative estimate of drug-likeness (QED) is 0.512. The van der Waals surface area contributed by atoms with Gasteiger partial charge in [-0.1, -0.05) is 0 Å². The molecule has 0 amide bonds. The lowest BCUT2D eigenvalue weighted by Gasteiger charge is -1.94. The van der Waals surface area contributed by atoms with Crippen LogP contribution in [0.1, 0.15) is 5.56 Å². The van der Waals surface area contributed by atoms with E-state index in [9.17, 15) is 20.2 Å². The van der Waals surface area contributed by atoms with Crippen molar-refractivity contribution in [2.24, 2.45) is 0 Å². The minimum absolute atomic E-state index is 0.289. The first kappa shape index (κ1) is 9.11. The van der Waals surface area contributed by atoms with Crippen molar-refractivity contribution in [3.63, 3.8) is 0 Å². The summed E-state index contributed by atoms with van der Waals surface area (Å²) in [7, 11) is 0. The lowest BCUT2D eigenvalue weighted by Crippen LogP contribution is -1.93. The zero-order chi connectivity index (χ0) is 10.0. The third-order valence-electron chi connectivity index (χ3n) is 1.38. The van der Waals surface area contributed by atoms with Gasteiger partial charge in [0.25, 0.3) is 11.4 Å². The molecular formula is C7H5N2O4. The van der Waals surface area contributed by atoms with Gasteiger partial charge in [0.05, 0.1) is 22.0 Å². The number of nitro benzene ring substituents is 2. The number of nitro groups is 2. The highest BCUT2D eigenvalue weighted by Gasteiger charge is 2.14. The predicted molar refractivity (Wildman–Crippen MR) is 43.3 cm³/mol. The van der Waals surface area contributed by atoms with Crippen molar-refractivity contribution in [1.82, 2.24) is 0 Å². The molecule has 0 aromatic heterocycles. The Balaban J connectivity index is 3.26. The Kier molecular flexibility index (Phi) is 2.23. The minimum Gasteiger partial charge on any atom is -0.258 e. The second kappa shape index (κ2) is 3.18. The zero-order valence-corrected chi connectivity index (χ0v) is 6.68. The first-order chi connectivity index (χ1) is 6.00. The molecule has 0 atom stereocenters. The highest BCUT2D eigenvalue weighted by molar-refractivity contribution is 5.45. The molecule has 0 unspecified atom stereocenters. The summed E-state index contributed by atoms with van der Waals surface area (Å²) in [4.78, 5) is 19.2. The molecule has 0 saturated heterocycles. The standard InChI is InChI=1S/C7H5N2O4/c1-5-2-6(8(10)11)4-7(3-5)9(12)13/h2,4H,1H3. The zero-order valence-electron chi connectivity index (χ0n) is 6.68. The molecule has 0 fully saturated rings. The van der Waals surface area contributed by atoms with Gasteiger partial charge in [0, 0.05) is 6.07 Å². The Labute approximate surface area is 73.1 Å². The molecule has 13 heavy (non-hydrogen) atoms. The van der Waals surface area contributed by atoms with Gasteiger partial charge >= 0.3 is 0 Å². The molecule has 0 heterocycles. The highest BCUT2D eigenvalue weighted by atomic mass is 16.6. The Bertz CT molecular complexity index is 343. The maximum absolute atomic E-state index is 10.3. The smallest absolute Gasteiger partial charge is 0.258 e. The average Bonchev–Trinajstić information content (AvgIpc) is 2.03. The molecule has 1 aromatic rings. The fraction of sp³-hybridized carbons (Fsp3) is 0.143. The molecular weight excluding hydrogens is 176 g/mol. The maximum atomic E-state index is 10.3. The van der Waals surface area contributed by atoms with E-state index in [1.54, 1.807) is 0 Å². The van der Waals surface area contributed by atoms with E-state index in [0.717, 1.165) is 6.07 Å². The van der Waals surface area contributed by atoms with Gasteiger partial charge < -0.3 is 0 Å².